The summed E-state index contributed by atoms with van der Waals surface area (Å²) in [4.78, 5) is 1.28. The third-order valence-corrected chi connectivity index (χ3v) is 5.08. The first-order valence-corrected chi connectivity index (χ1v) is 8.36. The largest absolute Gasteiger partial charge is 0.378 e. The van der Waals surface area contributed by atoms with E-state index in [1.165, 1.54) is 10.5 Å². The molecule has 100 valence electrons. The number of hydrogen-bond donors (Lipinski definition) is 1. The van der Waals surface area contributed by atoms with Gasteiger partial charge in [-0.05, 0) is 58.9 Å². The molecule has 0 saturated carbocycles. The summed E-state index contributed by atoms with van der Waals surface area (Å²) in [6, 6.07) is 14.7. The van der Waals surface area contributed by atoms with Crippen LogP contribution >= 0.6 is 39.3 Å². The van der Waals surface area contributed by atoms with Crippen molar-refractivity contribution in [2.24, 2.45) is 0 Å². The second-order valence-corrected chi connectivity index (χ2v) is 6.32. The molecule has 2 aromatic carbocycles. The van der Waals surface area contributed by atoms with E-state index in [4.69, 9.17) is 11.6 Å². The molecule has 0 amide bonds. The number of rotatable bonds is 4. The Kier molecular flexibility index (Phi) is 5.20. The van der Waals surface area contributed by atoms with Crippen LogP contribution in [0, 0.1) is 0 Å². The van der Waals surface area contributed by atoms with Crippen molar-refractivity contribution in [2.45, 2.75) is 17.9 Å². The molecular weight excluding hydrogens is 342 g/mol. The number of anilines is 1. The van der Waals surface area contributed by atoms with Gasteiger partial charge in [-0.15, -0.1) is 11.8 Å². The lowest BCUT2D eigenvalue weighted by atomic mass is 10.1. The second-order valence-electron chi connectivity index (χ2n) is 4.24. The molecule has 0 spiro atoms. The molecule has 0 aliphatic heterocycles. The van der Waals surface area contributed by atoms with Gasteiger partial charge in [-0.3, -0.25) is 0 Å². The quantitative estimate of drug-likeness (QED) is 0.674. The molecule has 2 rings (SSSR count). The molecule has 0 saturated heterocycles. The van der Waals surface area contributed by atoms with Gasteiger partial charge in [0.25, 0.3) is 0 Å². The molecule has 2 aromatic rings. The average molecular weight is 357 g/mol. The van der Waals surface area contributed by atoms with Gasteiger partial charge >= 0.3 is 0 Å². The summed E-state index contributed by atoms with van der Waals surface area (Å²) in [5.41, 5.74) is 2.26. The molecule has 0 heterocycles. The van der Waals surface area contributed by atoms with Crippen LogP contribution in [0.2, 0.25) is 5.02 Å². The van der Waals surface area contributed by atoms with Gasteiger partial charge in [-0.2, -0.15) is 0 Å². The lowest BCUT2D eigenvalue weighted by Crippen LogP contribution is -2.07. The smallest absolute Gasteiger partial charge is 0.0593 e. The highest BCUT2D eigenvalue weighted by molar-refractivity contribution is 9.10. The van der Waals surface area contributed by atoms with E-state index in [1.54, 1.807) is 11.8 Å². The van der Waals surface area contributed by atoms with E-state index in [9.17, 15) is 0 Å². The highest BCUT2D eigenvalue weighted by Gasteiger charge is 2.09. The summed E-state index contributed by atoms with van der Waals surface area (Å²) < 4.78 is 0.907. The normalized spacial score (nSPS) is 12.2. The van der Waals surface area contributed by atoms with E-state index >= 15 is 0 Å². The molecule has 0 fully saturated rings. The van der Waals surface area contributed by atoms with Gasteiger partial charge in [0.15, 0.2) is 0 Å². The van der Waals surface area contributed by atoms with E-state index in [2.05, 4.69) is 58.7 Å². The van der Waals surface area contributed by atoms with Crippen molar-refractivity contribution in [1.29, 1.82) is 0 Å². The van der Waals surface area contributed by atoms with Gasteiger partial charge in [-0.1, -0.05) is 29.8 Å². The lowest BCUT2D eigenvalue weighted by Gasteiger charge is -2.17. The third kappa shape index (κ3) is 3.68. The molecule has 1 atom stereocenters. The van der Waals surface area contributed by atoms with Crippen molar-refractivity contribution in [2.75, 3.05) is 11.6 Å². The molecule has 0 bridgehead atoms. The Morgan fingerprint density at radius 2 is 1.84 bits per heavy atom. The molecule has 19 heavy (non-hydrogen) atoms. The number of thioether (sulfide) groups is 1. The molecule has 1 nitrogen and oxygen atoms in total. The molecule has 0 radical (unpaired) electrons. The summed E-state index contributed by atoms with van der Waals surface area (Å²) >= 11 is 11.4. The zero-order chi connectivity index (χ0) is 13.8. The standard InChI is InChI=1S/C15H15BrClNS/c1-10(11-6-8-12(19-2)9-7-11)18-14-5-3-4-13(17)15(14)16/h3-10,18H,1-2H3. The van der Waals surface area contributed by atoms with E-state index in [0.717, 1.165) is 15.2 Å². The predicted octanol–water partition coefficient (Wildman–Crippen LogP) is 6.00. The minimum Gasteiger partial charge on any atom is -0.378 e. The monoisotopic (exact) mass is 355 g/mol. The molecule has 1 unspecified atom stereocenters. The minimum atomic E-state index is 0.227. The Morgan fingerprint density at radius 3 is 2.47 bits per heavy atom. The fraction of sp³-hybridized carbons (Fsp3) is 0.200. The van der Waals surface area contributed by atoms with Crippen molar-refractivity contribution in [1.82, 2.24) is 0 Å². The van der Waals surface area contributed by atoms with Gasteiger partial charge in [0.1, 0.15) is 0 Å². The first-order chi connectivity index (χ1) is 9.11. The van der Waals surface area contributed by atoms with E-state index < -0.39 is 0 Å². The van der Waals surface area contributed by atoms with Crippen molar-refractivity contribution in [3.05, 3.63) is 57.5 Å². The van der Waals surface area contributed by atoms with Crippen LogP contribution in [-0.2, 0) is 0 Å². The third-order valence-electron chi connectivity index (χ3n) is 2.94. The van der Waals surface area contributed by atoms with Gasteiger partial charge in [0.2, 0.25) is 0 Å². The van der Waals surface area contributed by atoms with Crippen LogP contribution in [-0.4, -0.2) is 6.26 Å². The van der Waals surface area contributed by atoms with Gasteiger partial charge in [-0.25, -0.2) is 0 Å². The lowest BCUT2D eigenvalue weighted by molar-refractivity contribution is 0.881. The highest BCUT2D eigenvalue weighted by atomic mass is 79.9. The predicted molar refractivity (Wildman–Crippen MR) is 89.4 cm³/mol. The van der Waals surface area contributed by atoms with E-state index in [0.29, 0.717) is 0 Å². The maximum absolute atomic E-state index is 6.09. The number of benzene rings is 2. The average Bonchev–Trinajstić information content (AvgIpc) is 2.44. The molecule has 0 aliphatic rings. The fourth-order valence-electron chi connectivity index (χ4n) is 1.82. The number of nitrogens with one attached hydrogen (secondary N) is 1. The van der Waals surface area contributed by atoms with Crippen LogP contribution in [0.5, 0.6) is 0 Å². The maximum atomic E-state index is 6.09. The van der Waals surface area contributed by atoms with E-state index in [-0.39, 0.29) is 6.04 Å². The fourth-order valence-corrected chi connectivity index (χ4v) is 2.79. The van der Waals surface area contributed by atoms with Crippen LogP contribution in [0.1, 0.15) is 18.5 Å². The molecule has 1 N–H and O–H groups in total. The Bertz CT molecular complexity index is 557. The number of hydrogen-bond acceptors (Lipinski definition) is 2. The summed E-state index contributed by atoms with van der Waals surface area (Å²) in [6.45, 7) is 2.14. The minimum absolute atomic E-state index is 0.227. The van der Waals surface area contributed by atoms with Gasteiger partial charge < -0.3 is 5.32 Å². The highest BCUT2D eigenvalue weighted by Crippen LogP contribution is 2.32. The van der Waals surface area contributed by atoms with Gasteiger partial charge in [0, 0.05) is 10.9 Å². The topological polar surface area (TPSA) is 12.0 Å². The summed E-state index contributed by atoms with van der Waals surface area (Å²) in [5, 5.41) is 4.18. The summed E-state index contributed by atoms with van der Waals surface area (Å²) in [7, 11) is 0. The Balaban J connectivity index is 2.15. The molecular formula is C15H15BrClNS. The van der Waals surface area contributed by atoms with E-state index in [1.807, 2.05) is 18.2 Å². The Hall–Kier alpha value is -0.640. The van der Waals surface area contributed by atoms with Crippen molar-refractivity contribution >= 4 is 45.0 Å². The van der Waals surface area contributed by atoms with Crippen molar-refractivity contribution in [3.8, 4) is 0 Å². The first-order valence-electron chi connectivity index (χ1n) is 5.96. The second kappa shape index (κ2) is 6.69. The van der Waals surface area contributed by atoms with Crippen LogP contribution in [0.4, 0.5) is 5.69 Å². The molecule has 0 aliphatic carbocycles. The molecule has 0 aromatic heterocycles. The maximum Gasteiger partial charge on any atom is 0.0593 e. The summed E-state index contributed by atoms with van der Waals surface area (Å²) in [5.74, 6) is 0. The Labute approximate surface area is 131 Å². The zero-order valence-corrected chi connectivity index (χ0v) is 13.9. The van der Waals surface area contributed by atoms with Crippen LogP contribution in [0.3, 0.4) is 0 Å². The van der Waals surface area contributed by atoms with Crippen LogP contribution in [0.25, 0.3) is 0 Å². The summed E-state index contributed by atoms with van der Waals surface area (Å²) in [6.07, 6.45) is 2.08. The molecule has 4 heteroatoms. The first kappa shape index (κ1) is 14.8. The van der Waals surface area contributed by atoms with Crippen molar-refractivity contribution in [3.63, 3.8) is 0 Å². The SMILES string of the molecule is CSc1ccc(C(C)Nc2cccc(Cl)c2Br)cc1. The Morgan fingerprint density at radius 1 is 1.16 bits per heavy atom. The van der Waals surface area contributed by atoms with Crippen molar-refractivity contribution < 1.29 is 0 Å². The van der Waals surface area contributed by atoms with Gasteiger partial charge in [0.05, 0.1) is 15.2 Å². The number of halogens is 2. The van der Waals surface area contributed by atoms with Crippen LogP contribution in [0.15, 0.2) is 51.8 Å². The van der Waals surface area contributed by atoms with Crippen LogP contribution < -0.4 is 5.32 Å². The zero-order valence-electron chi connectivity index (χ0n) is 10.8.